The lowest BCUT2D eigenvalue weighted by Crippen LogP contribution is -2.32. The Morgan fingerprint density at radius 3 is 2.30 bits per heavy atom. The Bertz CT molecular complexity index is 819. The van der Waals surface area contributed by atoms with E-state index in [9.17, 15) is 24.0 Å². The number of aliphatic hydroxyl groups excluding tert-OH is 1. The maximum absolute atomic E-state index is 12.8. The van der Waals surface area contributed by atoms with Crippen LogP contribution in [-0.4, -0.2) is 40.8 Å². The highest BCUT2D eigenvalue weighted by atomic mass is 19.1. The van der Waals surface area contributed by atoms with Crippen LogP contribution in [0.2, 0.25) is 0 Å². The molecule has 30 heavy (non-hydrogen) atoms. The number of carbonyl (C=O) groups is 2. The number of aliphatic hydroxyl groups is 1. The highest BCUT2D eigenvalue weighted by molar-refractivity contribution is 5.88. The fourth-order valence-corrected chi connectivity index (χ4v) is 2.23. The lowest BCUT2D eigenvalue weighted by atomic mass is 10.1. The van der Waals surface area contributed by atoms with Gasteiger partial charge in [0.05, 0.1) is 24.0 Å². The third kappa shape index (κ3) is 7.57. The van der Waals surface area contributed by atoms with Gasteiger partial charge in [0.2, 0.25) is 5.70 Å². The van der Waals surface area contributed by atoms with E-state index in [1.54, 1.807) is 6.92 Å². The van der Waals surface area contributed by atoms with Crippen LogP contribution < -0.4 is 5.73 Å². The third-order valence-corrected chi connectivity index (χ3v) is 4.10. The molecule has 0 unspecified atom stereocenters. The summed E-state index contributed by atoms with van der Waals surface area (Å²) in [5, 5.41) is 21.1. The SMILES string of the molecule is CCOC(=O)C(N=NC1CC1)=C(O)Cc1ccc(F)cc1.NC(=O)N(N=O)C1CC1. The number of hydrogen-bond acceptors (Lipinski definition) is 8. The van der Waals surface area contributed by atoms with Crippen molar-refractivity contribution in [1.29, 1.82) is 0 Å². The van der Waals surface area contributed by atoms with Crippen LogP contribution in [0.4, 0.5) is 9.18 Å². The summed E-state index contributed by atoms with van der Waals surface area (Å²) in [6, 6.07) is 5.01. The maximum atomic E-state index is 12.8. The van der Waals surface area contributed by atoms with Crippen LogP contribution in [0.25, 0.3) is 0 Å². The molecular weight excluding hydrogens is 397 g/mol. The highest BCUT2D eigenvalue weighted by Crippen LogP contribution is 2.26. The summed E-state index contributed by atoms with van der Waals surface area (Å²) in [5.41, 5.74) is 5.26. The molecule has 2 saturated carbocycles. The zero-order valence-electron chi connectivity index (χ0n) is 16.5. The van der Waals surface area contributed by atoms with Gasteiger partial charge in [-0.25, -0.2) is 14.0 Å². The largest absolute Gasteiger partial charge is 0.509 e. The summed E-state index contributed by atoms with van der Waals surface area (Å²) in [6.07, 6.45) is 3.64. The second-order valence-corrected chi connectivity index (χ2v) is 6.76. The van der Waals surface area contributed by atoms with Gasteiger partial charge in [-0.3, -0.25) is 0 Å². The number of halogens is 1. The number of urea groups is 1. The molecule has 2 fully saturated rings. The van der Waals surface area contributed by atoms with Gasteiger partial charge in [0, 0.05) is 6.42 Å². The fraction of sp³-hybridized carbons (Fsp3) is 0.474. The molecule has 0 aromatic heterocycles. The third-order valence-electron chi connectivity index (χ3n) is 4.10. The molecule has 1 aromatic rings. The summed E-state index contributed by atoms with van der Waals surface area (Å²) in [5.74, 6) is -1.30. The van der Waals surface area contributed by atoms with Crippen molar-refractivity contribution in [2.45, 2.75) is 51.1 Å². The highest BCUT2D eigenvalue weighted by Gasteiger charge is 2.32. The Morgan fingerprint density at radius 1 is 1.23 bits per heavy atom. The number of esters is 1. The minimum absolute atomic E-state index is 0.0139. The monoisotopic (exact) mass is 421 g/mol. The van der Waals surface area contributed by atoms with Gasteiger partial charge in [-0.2, -0.15) is 10.1 Å². The molecular formula is C19H24FN5O5. The Labute approximate surface area is 172 Å². The van der Waals surface area contributed by atoms with Crippen LogP contribution in [0.1, 0.15) is 38.2 Å². The Morgan fingerprint density at radius 2 is 1.87 bits per heavy atom. The number of ether oxygens (including phenoxy) is 1. The Balaban J connectivity index is 0.000000297. The van der Waals surface area contributed by atoms with Crippen molar-refractivity contribution in [1.82, 2.24) is 5.01 Å². The Kier molecular flexibility index (Phi) is 8.39. The van der Waals surface area contributed by atoms with Crippen molar-refractivity contribution in [3.8, 4) is 0 Å². The fourth-order valence-electron chi connectivity index (χ4n) is 2.23. The van der Waals surface area contributed by atoms with Gasteiger partial charge in [0.15, 0.2) is 0 Å². The van der Waals surface area contributed by atoms with Crippen LogP contribution in [-0.2, 0) is 16.0 Å². The second kappa shape index (κ2) is 11.0. The zero-order chi connectivity index (χ0) is 22.1. The maximum Gasteiger partial charge on any atom is 0.362 e. The molecule has 0 bridgehead atoms. The quantitative estimate of drug-likeness (QED) is 0.165. The van der Waals surface area contributed by atoms with E-state index in [0.29, 0.717) is 5.56 Å². The molecule has 2 aliphatic rings. The number of nitroso groups, excluding NO2 is 1. The van der Waals surface area contributed by atoms with Gasteiger partial charge in [-0.05, 0) is 50.3 Å². The van der Waals surface area contributed by atoms with Gasteiger partial charge >= 0.3 is 12.0 Å². The first kappa shape index (κ1) is 22.9. The number of benzene rings is 1. The molecule has 0 heterocycles. The normalized spacial score (nSPS) is 16.2. The smallest absolute Gasteiger partial charge is 0.362 e. The Hall–Kier alpha value is -3.37. The van der Waals surface area contributed by atoms with Gasteiger partial charge in [-0.1, -0.05) is 12.1 Å². The number of hydrogen-bond donors (Lipinski definition) is 2. The van der Waals surface area contributed by atoms with E-state index in [1.165, 1.54) is 24.3 Å². The van der Waals surface area contributed by atoms with Crippen molar-refractivity contribution >= 4 is 12.0 Å². The predicted octanol–water partition coefficient (Wildman–Crippen LogP) is 3.53. The standard InChI is InChI=1S/C15H17FN2O3.C4H7N3O2/c1-2-21-15(20)14(18-17-12-7-8-12)13(19)9-10-3-5-11(16)6-4-10;5-4(8)7(6-9)3-1-2-3/h3-6,12,19H,2,7-9H2,1H3;3H,1-2H2,(H2,5,8). The van der Waals surface area contributed by atoms with Crippen LogP contribution in [0.5, 0.6) is 0 Å². The molecule has 11 heteroatoms. The molecule has 0 spiro atoms. The number of carbonyl (C=O) groups excluding carboxylic acids is 2. The van der Waals surface area contributed by atoms with Crippen LogP contribution >= 0.6 is 0 Å². The molecule has 1 aromatic carbocycles. The molecule has 0 atom stereocenters. The molecule has 3 N–H and O–H groups in total. The van der Waals surface area contributed by atoms with Crippen LogP contribution in [0.15, 0.2) is 51.2 Å². The zero-order valence-corrected chi connectivity index (χ0v) is 16.5. The lowest BCUT2D eigenvalue weighted by Gasteiger charge is -2.06. The summed E-state index contributed by atoms with van der Waals surface area (Å²) >= 11 is 0. The van der Waals surface area contributed by atoms with E-state index in [1.807, 2.05) is 0 Å². The molecule has 0 saturated heterocycles. The first-order valence-electron chi connectivity index (χ1n) is 9.52. The first-order chi connectivity index (χ1) is 14.3. The van der Waals surface area contributed by atoms with Gasteiger partial charge < -0.3 is 15.6 Å². The lowest BCUT2D eigenvalue weighted by molar-refractivity contribution is -0.138. The minimum atomic E-state index is -0.757. The van der Waals surface area contributed by atoms with E-state index in [-0.39, 0.29) is 42.4 Å². The van der Waals surface area contributed by atoms with E-state index in [0.717, 1.165) is 30.7 Å². The van der Waals surface area contributed by atoms with E-state index < -0.39 is 12.0 Å². The molecule has 2 amide bonds. The summed E-state index contributed by atoms with van der Waals surface area (Å²) in [4.78, 5) is 31.9. The van der Waals surface area contributed by atoms with E-state index in [2.05, 4.69) is 15.5 Å². The molecule has 2 aliphatic carbocycles. The van der Waals surface area contributed by atoms with Crippen LogP contribution in [0.3, 0.4) is 0 Å². The minimum Gasteiger partial charge on any atom is -0.509 e. The second-order valence-electron chi connectivity index (χ2n) is 6.76. The van der Waals surface area contributed by atoms with Gasteiger partial charge in [-0.15, -0.1) is 10.0 Å². The summed E-state index contributed by atoms with van der Waals surface area (Å²) < 4.78 is 17.7. The van der Waals surface area contributed by atoms with Crippen molar-refractivity contribution in [3.05, 3.63) is 52.0 Å². The molecule has 0 radical (unpaired) electrons. The van der Waals surface area contributed by atoms with Gasteiger partial charge in [0.25, 0.3) is 0 Å². The molecule has 3 rings (SSSR count). The van der Waals surface area contributed by atoms with Crippen molar-refractivity contribution in [3.63, 3.8) is 0 Å². The van der Waals surface area contributed by atoms with Crippen molar-refractivity contribution < 1.29 is 23.8 Å². The van der Waals surface area contributed by atoms with E-state index in [4.69, 9.17) is 10.5 Å². The summed E-state index contributed by atoms with van der Waals surface area (Å²) in [7, 11) is 0. The number of azo groups is 1. The van der Waals surface area contributed by atoms with Crippen molar-refractivity contribution in [2.24, 2.45) is 21.2 Å². The number of allylic oxidation sites excluding steroid dienone is 1. The summed E-state index contributed by atoms with van der Waals surface area (Å²) in [6.45, 7) is 1.86. The van der Waals surface area contributed by atoms with E-state index >= 15 is 0 Å². The number of rotatable bonds is 8. The number of primary amides is 1. The molecule has 162 valence electrons. The predicted molar refractivity (Wildman–Crippen MR) is 105 cm³/mol. The van der Waals surface area contributed by atoms with Gasteiger partial charge in [0.1, 0.15) is 11.6 Å². The number of nitrogens with zero attached hydrogens (tertiary/aromatic N) is 4. The van der Waals surface area contributed by atoms with Crippen LogP contribution in [0, 0.1) is 10.7 Å². The first-order valence-corrected chi connectivity index (χ1v) is 9.52. The average molecular weight is 421 g/mol. The van der Waals surface area contributed by atoms with Crippen molar-refractivity contribution in [2.75, 3.05) is 6.61 Å². The topological polar surface area (TPSA) is 147 Å². The molecule has 0 aliphatic heterocycles. The number of amides is 2. The average Bonchev–Trinajstić information content (AvgIpc) is 3.60. The molecule has 10 nitrogen and oxygen atoms in total. The number of nitrogens with two attached hydrogens (primary N) is 1.